The number of rotatable bonds is 6. The fraction of sp³-hybridized carbons (Fsp3) is 0.333. The van der Waals surface area contributed by atoms with Gasteiger partial charge < -0.3 is 9.30 Å². The largest absolute Gasteiger partial charge is 0.383 e. The Labute approximate surface area is 124 Å². The van der Waals surface area contributed by atoms with Crippen molar-refractivity contribution in [1.82, 2.24) is 14.8 Å². The van der Waals surface area contributed by atoms with Crippen molar-refractivity contribution in [2.45, 2.75) is 12.4 Å². The number of nitrogens with zero attached hydrogens (tertiary/aromatic N) is 4. The van der Waals surface area contributed by atoms with Gasteiger partial charge in [0.1, 0.15) is 11.6 Å². The van der Waals surface area contributed by atoms with E-state index in [0.29, 0.717) is 19.0 Å². The Morgan fingerprint density at radius 2 is 2.24 bits per heavy atom. The van der Waals surface area contributed by atoms with Crippen molar-refractivity contribution >= 4 is 17.3 Å². The highest BCUT2D eigenvalue weighted by molar-refractivity contribution is 6.16. The van der Waals surface area contributed by atoms with Gasteiger partial charge in [-0.05, 0) is 12.1 Å². The Morgan fingerprint density at radius 1 is 1.48 bits per heavy atom. The molecule has 1 heterocycles. The number of alkyl halides is 1. The molecule has 9 heteroatoms. The van der Waals surface area contributed by atoms with Crippen LogP contribution in [0.15, 0.2) is 18.2 Å². The van der Waals surface area contributed by atoms with Gasteiger partial charge in [0.25, 0.3) is 5.69 Å². The van der Waals surface area contributed by atoms with Gasteiger partial charge >= 0.3 is 0 Å². The van der Waals surface area contributed by atoms with Gasteiger partial charge in [0.05, 0.1) is 23.0 Å². The zero-order chi connectivity index (χ0) is 15.4. The number of methoxy groups -OCH3 is 1. The number of aromatic nitrogens is 3. The van der Waals surface area contributed by atoms with Crippen molar-refractivity contribution in [2.75, 3.05) is 13.7 Å². The number of hydrogen-bond acceptors (Lipinski definition) is 5. The summed E-state index contributed by atoms with van der Waals surface area (Å²) in [6, 6.07) is 3.18. The summed E-state index contributed by atoms with van der Waals surface area (Å²) in [5.41, 5.74) is -0.191. The highest BCUT2D eigenvalue weighted by atomic mass is 35.5. The van der Waals surface area contributed by atoms with Crippen LogP contribution in [-0.4, -0.2) is 33.4 Å². The summed E-state index contributed by atoms with van der Waals surface area (Å²) in [5.74, 6) is 0.111. The number of hydrogen-bond donors (Lipinski definition) is 0. The molecule has 0 saturated heterocycles. The average Bonchev–Trinajstić information content (AvgIpc) is 2.87. The van der Waals surface area contributed by atoms with Crippen LogP contribution in [0.3, 0.4) is 0 Å². The summed E-state index contributed by atoms with van der Waals surface area (Å²) in [6.07, 6.45) is 0. The average molecular weight is 315 g/mol. The van der Waals surface area contributed by atoms with Gasteiger partial charge in [0.2, 0.25) is 0 Å². The lowest BCUT2D eigenvalue weighted by Gasteiger charge is -2.09. The van der Waals surface area contributed by atoms with Crippen LogP contribution >= 0.6 is 11.6 Å². The number of ether oxygens (including phenoxy) is 1. The van der Waals surface area contributed by atoms with Crippen molar-refractivity contribution in [1.29, 1.82) is 0 Å². The smallest absolute Gasteiger partial charge is 0.280 e. The first kappa shape index (κ1) is 15.3. The highest BCUT2D eigenvalue weighted by Gasteiger charge is 2.22. The summed E-state index contributed by atoms with van der Waals surface area (Å²) >= 11 is 5.77. The first-order chi connectivity index (χ1) is 10.1. The van der Waals surface area contributed by atoms with E-state index in [4.69, 9.17) is 16.3 Å². The first-order valence-corrected chi connectivity index (χ1v) is 6.53. The molecule has 0 bridgehead atoms. The Kier molecular flexibility index (Phi) is 4.81. The molecule has 112 valence electrons. The molecule has 2 rings (SSSR count). The lowest BCUT2D eigenvalue weighted by atomic mass is 10.1. The van der Waals surface area contributed by atoms with E-state index >= 15 is 0 Å². The molecule has 0 spiro atoms. The van der Waals surface area contributed by atoms with Crippen LogP contribution in [0.5, 0.6) is 0 Å². The second kappa shape index (κ2) is 6.59. The molecule has 0 aliphatic carbocycles. The van der Waals surface area contributed by atoms with E-state index in [0.717, 1.165) is 18.2 Å². The third-order valence-corrected chi connectivity index (χ3v) is 3.10. The zero-order valence-corrected chi connectivity index (χ0v) is 11.9. The number of halogens is 2. The molecule has 21 heavy (non-hydrogen) atoms. The summed E-state index contributed by atoms with van der Waals surface area (Å²) in [5, 5.41) is 18.9. The second-order valence-electron chi connectivity index (χ2n) is 4.14. The van der Waals surface area contributed by atoms with Gasteiger partial charge in [-0.2, -0.15) is 0 Å². The van der Waals surface area contributed by atoms with E-state index in [1.54, 1.807) is 4.57 Å². The summed E-state index contributed by atoms with van der Waals surface area (Å²) in [4.78, 5) is 10.5. The normalized spacial score (nSPS) is 10.8. The lowest BCUT2D eigenvalue weighted by Crippen LogP contribution is -2.09. The van der Waals surface area contributed by atoms with Crippen LogP contribution in [0.1, 0.15) is 5.82 Å². The Bertz CT molecular complexity index is 662. The minimum absolute atomic E-state index is 0.0555. The fourth-order valence-electron chi connectivity index (χ4n) is 1.90. The number of nitro benzene ring substituents is 1. The maximum absolute atomic E-state index is 13.4. The highest BCUT2D eigenvalue weighted by Crippen LogP contribution is 2.30. The fourth-order valence-corrected chi connectivity index (χ4v) is 2.10. The molecule has 1 aromatic carbocycles. The third-order valence-electron chi connectivity index (χ3n) is 2.86. The van der Waals surface area contributed by atoms with E-state index in [-0.39, 0.29) is 23.0 Å². The molecule has 0 amide bonds. The molecule has 0 atom stereocenters. The molecule has 0 aliphatic rings. The minimum Gasteiger partial charge on any atom is -0.383 e. The summed E-state index contributed by atoms with van der Waals surface area (Å²) < 4.78 is 20.0. The summed E-state index contributed by atoms with van der Waals surface area (Å²) in [6.45, 7) is 0.701. The molecule has 1 aromatic heterocycles. The van der Waals surface area contributed by atoms with Crippen LogP contribution in [0.4, 0.5) is 10.1 Å². The van der Waals surface area contributed by atoms with Gasteiger partial charge in [-0.3, -0.25) is 10.1 Å². The molecule has 0 aliphatic heterocycles. The number of benzene rings is 1. The van der Waals surface area contributed by atoms with E-state index < -0.39 is 10.7 Å². The second-order valence-corrected chi connectivity index (χ2v) is 4.40. The van der Waals surface area contributed by atoms with Crippen LogP contribution < -0.4 is 0 Å². The molecule has 7 nitrogen and oxygen atoms in total. The van der Waals surface area contributed by atoms with E-state index in [2.05, 4.69) is 10.2 Å². The van der Waals surface area contributed by atoms with E-state index in [1.165, 1.54) is 7.11 Å². The van der Waals surface area contributed by atoms with Gasteiger partial charge in [0.15, 0.2) is 5.82 Å². The minimum atomic E-state index is -0.593. The Hall–Kier alpha value is -2.06. The van der Waals surface area contributed by atoms with Crippen LogP contribution in [0.25, 0.3) is 11.4 Å². The van der Waals surface area contributed by atoms with E-state index in [1.807, 2.05) is 0 Å². The molecule has 0 unspecified atom stereocenters. The molecular formula is C12H12ClFN4O3. The molecule has 0 fully saturated rings. The predicted molar refractivity (Wildman–Crippen MR) is 73.5 cm³/mol. The first-order valence-electron chi connectivity index (χ1n) is 5.99. The molecule has 0 N–H and O–H groups in total. The SMILES string of the molecule is COCCn1c(CCl)nnc1-c1cc(F)ccc1[N+](=O)[O-]. The molecule has 0 radical (unpaired) electrons. The maximum atomic E-state index is 13.4. The third kappa shape index (κ3) is 3.17. The topological polar surface area (TPSA) is 83.1 Å². The van der Waals surface area contributed by atoms with Gasteiger partial charge in [0, 0.05) is 19.7 Å². The molecule has 0 saturated carbocycles. The van der Waals surface area contributed by atoms with Crippen molar-refractivity contribution in [3.8, 4) is 11.4 Å². The van der Waals surface area contributed by atoms with Crippen molar-refractivity contribution in [2.24, 2.45) is 0 Å². The summed E-state index contributed by atoms with van der Waals surface area (Å²) in [7, 11) is 1.52. The lowest BCUT2D eigenvalue weighted by molar-refractivity contribution is -0.384. The molecular weight excluding hydrogens is 303 g/mol. The standard InChI is InChI=1S/C12H12ClFN4O3/c1-21-5-4-17-11(7-13)15-16-12(17)9-6-8(14)2-3-10(9)18(19)20/h2-3,6H,4-5,7H2,1H3. The van der Waals surface area contributed by atoms with Crippen LogP contribution in [0, 0.1) is 15.9 Å². The van der Waals surface area contributed by atoms with E-state index in [9.17, 15) is 14.5 Å². The zero-order valence-electron chi connectivity index (χ0n) is 11.1. The number of nitro groups is 1. The van der Waals surface area contributed by atoms with Crippen molar-refractivity contribution in [3.63, 3.8) is 0 Å². The maximum Gasteiger partial charge on any atom is 0.280 e. The quantitative estimate of drug-likeness (QED) is 0.464. The van der Waals surface area contributed by atoms with Crippen molar-refractivity contribution in [3.05, 3.63) is 40.0 Å². The van der Waals surface area contributed by atoms with Gasteiger partial charge in [-0.25, -0.2) is 4.39 Å². The van der Waals surface area contributed by atoms with Crippen LogP contribution in [0.2, 0.25) is 0 Å². The van der Waals surface area contributed by atoms with Crippen LogP contribution in [-0.2, 0) is 17.2 Å². The Morgan fingerprint density at radius 3 is 2.86 bits per heavy atom. The van der Waals surface area contributed by atoms with Gasteiger partial charge in [-0.1, -0.05) is 0 Å². The monoisotopic (exact) mass is 314 g/mol. The molecule has 2 aromatic rings. The van der Waals surface area contributed by atoms with Gasteiger partial charge in [-0.15, -0.1) is 21.8 Å². The van der Waals surface area contributed by atoms with Crippen molar-refractivity contribution < 1.29 is 14.1 Å². The Balaban J connectivity index is 2.58. The predicted octanol–water partition coefficient (Wildman–Crippen LogP) is 2.38.